The van der Waals surface area contributed by atoms with Crippen molar-refractivity contribution in [3.8, 4) is 0 Å². The normalized spacial score (nSPS) is 9.88. The molecule has 0 radical (unpaired) electrons. The average Bonchev–Trinajstić information content (AvgIpc) is 2.18. The van der Waals surface area contributed by atoms with Crippen LogP contribution in [0.15, 0.2) is 12.1 Å². The maximum atomic E-state index is 13.0. The fourth-order valence-electron chi connectivity index (χ4n) is 1.01. The van der Waals surface area contributed by atoms with E-state index in [9.17, 15) is 19.3 Å². The van der Waals surface area contributed by atoms with Crippen molar-refractivity contribution in [2.45, 2.75) is 0 Å². The highest BCUT2D eigenvalue weighted by Gasteiger charge is 2.17. The Morgan fingerprint density at radius 1 is 1.62 bits per heavy atom. The summed E-state index contributed by atoms with van der Waals surface area (Å²) in [6.07, 6.45) is 0. The Hall–Kier alpha value is -1.89. The Bertz CT molecular complexity index is 452. The zero-order valence-electron chi connectivity index (χ0n) is 7.87. The minimum absolute atomic E-state index is 0.147. The SMILES string of the molecule is NC(=O)CNc1cc(F)c(Cl)cc1[N+](=O)[O-]. The number of benzene rings is 1. The van der Waals surface area contributed by atoms with Crippen LogP contribution in [0.25, 0.3) is 0 Å². The summed E-state index contributed by atoms with van der Waals surface area (Å²) in [4.78, 5) is 20.3. The first-order chi connectivity index (χ1) is 7.41. The van der Waals surface area contributed by atoms with Crippen LogP contribution >= 0.6 is 11.6 Å². The van der Waals surface area contributed by atoms with Gasteiger partial charge in [0, 0.05) is 12.1 Å². The third-order valence-corrected chi connectivity index (χ3v) is 1.98. The molecule has 6 nitrogen and oxygen atoms in total. The predicted molar refractivity (Wildman–Crippen MR) is 55.7 cm³/mol. The molecule has 0 heterocycles. The van der Waals surface area contributed by atoms with Crippen LogP contribution in [0.4, 0.5) is 15.8 Å². The second-order valence-electron chi connectivity index (χ2n) is 2.86. The maximum absolute atomic E-state index is 13.0. The van der Waals surface area contributed by atoms with E-state index in [0.717, 1.165) is 12.1 Å². The number of nitro groups is 1. The fraction of sp³-hybridized carbons (Fsp3) is 0.125. The summed E-state index contributed by atoms with van der Waals surface area (Å²) in [5.41, 5.74) is 4.27. The molecule has 0 saturated heterocycles. The Balaban J connectivity index is 3.09. The molecule has 16 heavy (non-hydrogen) atoms. The van der Waals surface area contributed by atoms with E-state index < -0.39 is 22.3 Å². The van der Waals surface area contributed by atoms with Crippen molar-refractivity contribution in [3.63, 3.8) is 0 Å². The summed E-state index contributed by atoms with van der Waals surface area (Å²) < 4.78 is 13.0. The number of nitrogens with one attached hydrogen (secondary N) is 1. The third-order valence-electron chi connectivity index (χ3n) is 1.69. The number of primary amides is 1. The Labute approximate surface area is 94.3 Å². The molecule has 0 aliphatic carbocycles. The van der Waals surface area contributed by atoms with Gasteiger partial charge in [0.15, 0.2) is 0 Å². The smallest absolute Gasteiger partial charge is 0.294 e. The number of carbonyl (C=O) groups is 1. The summed E-state index contributed by atoms with van der Waals surface area (Å²) >= 11 is 5.39. The predicted octanol–water partition coefficient (Wildman–Crippen LogP) is 1.28. The molecule has 0 unspecified atom stereocenters. The van der Waals surface area contributed by atoms with E-state index in [4.69, 9.17) is 17.3 Å². The minimum Gasteiger partial charge on any atom is -0.370 e. The molecule has 0 aliphatic rings. The van der Waals surface area contributed by atoms with Crippen LogP contribution < -0.4 is 11.1 Å². The van der Waals surface area contributed by atoms with Gasteiger partial charge in [0.1, 0.15) is 11.5 Å². The lowest BCUT2D eigenvalue weighted by Crippen LogP contribution is -2.22. The van der Waals surface area contributed by atoms with E-state index in [0.29, 0.717) is 0 Å². The molecular formula is C8H7ClFN3O3. The second-order valence-corrected chi connectivity index (χ2v) is 3.27. The summed E-state index contributed by atoms with van der Waals surface area (Å²) in [7, 11) is 0. The minimum atomic E-state index is -0.820. The molecule has 0 aliphatic heterocycles. The molecule has 3 N–H and O–H groups in total. The first-order valence-corrected chi connectivity index (χ1v) is 4.45. The lowest BCUT2D eigenvalue weighted by Gasteiger charge is -2.05. The first-order valence-electron chi connectivity index (χ1n) is 4.07. The maximum Gasteiger partial charge on any atom is 0.294 e. The van der Waals surface area contributed by atoms with Crippen molar-refractivity contribution in [2.24, 2.45) is 5.73 Å². The van der Waals surface area contributed by atoms with Gasteiger partial charge in [0.05, 0.1) is 16.5 Å². The molecule has 1 rings (SSSR count). The fourth-order valence-corrected chi connectivity index (χ4v) is 1.17. The van der Waals surface area contributed by atoms with Crippen LogP contribution in [0, 0.1) is 15.9 Å². The number of hydrogen-bond donors (Lipinski definition) is 2. The number of hydrogen-bond acceptors (Lipinski definition) is 4. The topological polar surface area (TPSA) is 98.3 Å². The van der Waals surface area contributed by atoms with Gasteiger partial charge in [0.2, 0.25) is 5.91 Å². The van der Waals surface area contributed by atoms with Crippen molar-refractivity contribution < 1.29 is 14.1 Å². The lowest BCUT2D eigenvalue weighted by atomic mass is 10.2. The largest absolute Gasteiger partial charge is 0.370 e. The van der Waals surface area contributed by atoms with Crippen LogP contribution in [0.3, 0.4) is 0 Å². The molecular weight excluding hydrogens is 241 g/mol. The number of halogens is 2. The van der Waals surface area contributed by atoms with Gasteiger partial charge >= 0.3 is 0 Å². The number of nitrogens with two attached hydrogens (primary N) is 1. The van der Waals surface area contributed by atoms with Crippen molar-refractivity contribution in [3.05, 3.63) is 33.1 Å². The van der Waals surface area contributed by atoms with Gasteiger partial charge in [-0.25, -0.2) is 4.39 Å². The van der Waals surface area contributed by atoms with Crippen LogP contribution in [-0.4, -0.2) is 17.4 Å². The molecule has 0 fully saturated rings. The molecule has 0 aromatic heterocycles. The van der Waals surface area contributed by atoms with Crippen LogP contribution in [0.1, 0.15) is 0 Å². The Morgan fingerprint density at radius 2 is 2.25 bits per heavy atom. The van der Waals surface area contributed by atoms with Gasteiger partial charge in [-0.15, -0.1) is 0 Å². The Morgan fingerprint density at radius 3 is 2.75 bits per heavy atom. The standard InChI is InChI=1S/C8H7ClFN3O3/c9-4-1-7(13(15)16)6(2-5(4)10)12-3-8(11)14/h1-2,12H,3H2,(H2,11,14). The summed E-state index contributed by atoms with van der Waals surface area (Å²) in [5, 5.41) is 12.6. The molecule has 0 spiro atoms. The van der Waals surface area contributed by atoms with E-state index >= 15 is 0 Å². The van der Waals surface area contributed by atoms with Crippen molar-refractivity contribution in [1.82, 2.24) is 0 Å². The zero-order chi connectivity index (χ0) is 12.3. The Kier molecular flexibility index (Phi) is 3.62. The van der Waals surface area contributed by atoms with E-state index in [-0.39, 0.29) is 17.3 Å². The highest BCUT2D eigenvalue weighted by Crippen LogP contribution is 2.29. The molecule has 0 bridgehead atoms. The van der Waals surface area contributed by atoms with Crippen molar-refractivity contribution >= 4 is 28.9 Å². The van der Waals surface area contributed by atoms with Gasteiger partial charge in [-0.3, -0.25) is 14.9 Å². The van der Waals surface area contributed by atoms with E-state index in [1.807, 2.05) is 0 Å². The monoisotopic (exact) mass is 247 g/mol. The summed E-state index contributed by atoms with van der Waals surface area (Å²) in [5.74, 6) is -1.54. The highest BCUT2D eigenvalue weighted by atomic mass is 35.5. The first kappa shape index (κ1) is 12.2. The van der Waals surface area contributed by atoms with Crippen LogP contribution in [-0.2, 0) is 4.79 Å². The van der Waals surface area contributed by atoms with Crippen LogP contribution in [0.2, 0.25) is 5.02 Å². The van der Waals surface area contributed by atoms with Crippen molar-refractivity contribution in [2.75, 3.05) is 11.9 Å². The lowest BCUT2D eigenvalue weighted by molar-refractivity contribution is -0.384. The van der Waals surface area contributed by atoms with E-state index in [1.54, 1.807) is 0 Å². The van der Waals surface area contributed by atoms with E-state index in [2.05, 4.69) is 5.32 Å². The van der Waals surface area contributed by atoms with Crippen LogP contribution in [0.5, 0.6) is 0 Å². The zero-order valence-corrected chi connectivity index (χ0v) is 8.62. The average molecular weight is 248 g/mol. The van der Waals surface area contributed by atoms with Gasteiger partial charge in [-0.05, 0) is 0 Å². The number of nitrogens with zero attached hydrogens (tertiary/aromatic N) is 1. The summed E-state index contributed by atoms with van der Waals surface area (Å²) in [6.45, 7) is -0.331. The van der Waals surface area contributed by atoms with E-state index in [1.165, 1.54) is 0 Å². The number of rotatable bonds is 4. The number of carbonyl (C=O) groups excluding carboxylic acids is 1. The quantitative estimate of drug-likeness (QED) is 0.618. The molecule has 1 aromatic rings. The van der Waals surface area contributed by atoms with Gasteiger partial charge in [0.25, 0.3) is 5.69 Å². The molecule has 8 heteroatoms. The highest BCUT2D eigenvalue weighted by molar-refractivity contribution is 6.31. The van der Waals surface area contributed by atoms with Crippen molar-refractivity contribution in [1.29, 1.82) is 0 Å². The van der Waals surface area contributed by atoms with Gasteiger partial charge in [-0.2, -0.15) is 0 Å². The van der Waals surface area contributed by atoms with Gasteiger partial charge < -0.3 is 11.1 Å². The molecule has 0 saturated carbocycles. The second kappa shape index (κ2) is 4.75. The molecule has 1 amide bonds. The molecule has 0 atom stereocenters. The van der Waals surface area contributed by atoms with Gasteiger partial charge in [-0.1, -0.05) is 11.6 Å². The molecule has 86 valence electrons. The number of anilines is 1. The molecule has 1 aromatic carbocycles. The third kappa shape index (κ3) is 2.80. The number of amides is 1. The summed E-state index contributed by atoms with van der Waals surface area (Å²) in [6, 6.07) is 1.70. The number of nitro benzene ring substituents is 1.